The third kappa shape index (κ3) is 3.50. The zero-order valence-electron chi connectivity index (χ0n) is 10.0. The average Bonchev–Trinajstić information content (AvgIpc) is 2.35. The molecule has 1 aliphatic rings. The highest BCUT2D eigenvalue weighted by molar-refractivity contribution is 5.78. The second-order valence-corrected chi connectivity index (χ2v) is 4.54. The Morgan fingerprint density at radius 3 is 2.89 bits per heavy atom. The fourth-order valence-corrected chi connectivity index (χ4v) is 2.09. The summed E-state index contributed by atoms with van der Waals surface area (Å²) in [7, 11) is 0. The summed E-state index contributed by atoms with van der Waals surface area (Å²) in [4.78, 5) is 11.7. The molecule has 1 aliphatic heterocycles. The van der Waals surface area contributed by atoms with Crippen molar-refractivity contribution in [1.82, 2.24) is 10.6 Å². The van der Waals surface area contributed by atoms with E-state index in [0.717, 1.165) is 38.1 Å². The maximum absolute atomic E-state index is 13.0. The van der Waals surface area contributed by atoms with Crippen LogP contribution in [0, 0.1) is 11.6 Å². The number of benzene rings is 1. The van der Waals surface area contributed by atoms with E-state index in [1.807, 2.05) is 0 Å². The topological polar surface area (TPSA) is 41.1 Å². The van der Waals surface area contributed by atoms with Crippen molar-refractivity contribution in [2.24, 2.45) is 0 Å². The van der Waals surface area contributed by atoms with Crippen LogP contribution in [0.15, 0.2) is 18.2 Å². The second kappa shape index (κ2) is 5.91. The SMILES string of the molecule is O=C(Cc1ccc(F)c(F)c1)NC1CCCNC1. The monoisotopic (exact) mass is 254 g/mol. The molecule has 2 rings (SSSR count). The maximum atomic E-state index is 13.0. The summed E-state index contributed by atoms with van der Waals surface area (Å²) in [6.07, 6.45) is 2.07. The highest BCUT2D eigenvalue weighted by atomic mass is 19.2. The molecule has 0 aromatic heterocycles. The van der Waals surface area contributed by atoms with Crippen LogP contribution in [0.3, 0.4) is 0 Å². The summed E-state index contributed by atoms with van der Waals surface area (Å²) in [5.41, 5.74) is 0.482. The van der Waals surface area contributed by atoms with E-state index in [1.165, 1.54) is 6.07 Å². The van der Waals surface area contributed by atoms with Crippen LogP contribution < -0.4 is 10.6 Å². The third-order valence-electron chi connectivity index (χ3n) is 3.01. The van der Waals surface area contributed by atoms with Crippen molar-refractivity contribution < 1.29 is 13.6 Å². The smallest absolute Gasteiger partial charge is 0.224 e. The molecule has 2 N–H and O–H groups in total. The summed E-state index contributed by atoms with van der Waals surface area (Å²) < 4.78 is 25.7. The van der Waals surface area contributed by atoms with Crippen LogP contribution in [0.4, 0.5) is 8.78 Å². The molecule has 0 spiro atoms. The van der Waals surface area contributed by atoms with E-state index in [4.69, 9.17) is 0 Å². The van der Waals surface area contributed by atoms with Gasteiger partial charge in [0, 0.05) is 12.6 Å². The fourth-order valence-electron chi connectivity index (χ4n) is 2.09. The Balaban J connectivity index is 1.88. The molecular weight excluding hydrogens is 238 g/mol. The molecule has 0 bridgehead atoms. The van der Waals surface area contributed by atoms with E-state index in [1.54, 1.807) is 0 Å². The van der Waals surface area contributed by atoms with Crippen molar-refractivity contribution in [2.75, 3.05) is 13.1 Å². The summed E-state index contributed by atoms with van der Waals surface area (Å²) >= 11 is 0. The van der Waals surface area contributed by atoms with Crippen molar-refractivity contribution >= 4 is 5.91 Å². The largest absolute Gasteiger partial charge is 0.352 e. The molecule has 98 valence electrons. The van der Waals surface area contributed by atoms with Gasteiger partial charge in [-0.1, -0.05) is 6.07 Å². The second-order valence-electron chi connectivity index (χ2n) is 4.54. The fraction of sp³-hybridized carbons (Fsp3) is 0.462. The third-order valence-corrected chi connectivity index (χ3v) is 3.01. The number of hydrogen-bond acceptors (Lipinski definition) is 2. The van der Waals surface area contributed by atoms with Gasteiger partial charge in [0.1, 0.15) is 0 Å². The molecule has 1 heterocycles. The molecule has 5 heteroatoms. The van der Waals surface area contributed by atoms with Crippen molar-refractivity contribution in [2.45, 2.75) is 25.3 Å². The number of amides is 1. The van der Waals surface area contributed by atoms with Gasteiger partial charge in [-0.2, -0.15) is 0 Å². The average molecular weight is 254 g/mol. The van der Waals surface area contributed by atoms with Crippen molar-refractivity contribution in [3.8, 4) is 0 Å². The van der Waals surface area contributed by atoms with Gasteiger partial charge in [0.2, 0.25) is 5.91 Å². The maximum Gasteiger partial charge on any atom is 0.224 e. The minimum Gasteiger partial charge on any atom is -0.352 e. The molecule has 1 aromatic carbocycles. The summed E-state index contributed by atoms with van der Waals surface area (Å²) in [6, 6.07) is 3.67. The molecule has 3 nitrogen and oxygen atoms in total. The number of nitrogens with one attached hydrogen (secondary N) is 2. The molecule has 0 radical (unpaired) electrons. The first-order valence-corrected chi connectivity index (χ1v) is 6.09. The minimum absolute atomic E-state index is 0.0771. The van der Waals surface area contributed by atoms with Gasteiger partial charge in [-0.3, -0.25) is 4.79 Å². The van der Waals surface area contributed by atoms with Gasteiger partial charge in [0.15, 0.2) is 11.6 Å². The van der Waals surface area contributed by atoms with E-state index in [9.17, 15) is 13.6 Å². The van der Waals surface area contributed by atoms with E-state index < -0.39 is 11.6 Å². The summed E-state index contributed by atoms with van der Waals surface area (Å²) in [5.74, 6) is -1.97. The number of carbonyl (C=O) groups is 1. The lowest BCUT2D eigenvalue weighted by molar-refractivity contribution is -0.121. The number of halogens is 2. The number of hydrogen-bond donors (Lipinski definition) is 2. The van der Waals surface area contributed by atoms with E-state index >= 15 is 0 Å². The van der Waals surface area contributed by atoms with Gasteiger partial charge < -0.3 is 10.6 Å². The Labute approximate surface area is 105 Å². The van der Waals surface area contributed by atoms with Crippen LogP contribution in [0.5, 0.6) is 0 Å². The number of rotatable bonds is 3. The first-order chi connectivity index (χ1) is 8.65. The summed E-state index contributed by atoms with van der Waals surface area (Å²) in [5, 5.41) is 6.08. The predicted molar refractivity (Wildman–Crippen MR) is 64.1 cm³/mol. The highest BCUT2D eigenvalue weighted by Gasteiger charge is 2.15. The first-order valence-electron chi connectivity index (χ1n) is 6.09. The van der Waals surface area contributed by atoms with Gasteiger partial charge in [0.05, 0.1) is 6.42 Å². The van der Waals surface area contributed by atoms with Gasteiger partial charge in [-0.15, -0.1) is 0 Å². The van der Waals surface area contributed by atoms with Gasteiger partial charge in [-0.05, 0) is 37.1 Å². The van der Waals surface area contributed by atoms with Crippen LogP contribution in [0.25, 0.3) is 0 Å². The molecule has 18 heavy (non-hydrogen) atoms. The van der Waals surface area contributed by atoms with Gasteiger partial charge >= 0.3 is 0 Å². The molecule has 1 atom stereocenters. The Kier molecular flexibility index (Phi) is 4.25. The Hall–Kier alpha value is -1.49. The quantitative estimate of drug-likeness (QED) is 0.855. The Morgan fingerprint density at radius 1 is 1.39 bits per heavy atom. The molecule has 0 aliphatic carbocycles. The van der Waals surface area contributed by atoms with Gasteiger partial charge in [0.25, 0.3) is 0 Å². The van der Waals surface area contributed by atoms with E-state index in [2.05, 4.69) is 10.6 Å². The molecule has 1 amide bonds. The standard InChI is InChI=1S/C13H16F2N2O/c14-11-4-3-9(6-12(11)15)7-13(18)17-10-2-1-5-16-8-10/h3-4,6,10,16H,1-2,5,7-8H2,(H,17,18). The van der Waals surface area contributed by atoms with Crippen LogP contribution in [0.2, 0.25) is 0 Å². The van der Waals surface area contributed by atoms with E-state index in [-0.39, 0.29) is 18.4 Å². The molecule has 1 fully saturated rings. The Morgan fingerprint density at radius 2 is 2.22 bits per heavy atom. The molecule has 1 saturated heterocycles. The highest BCUT2D eigenvalue weighted by Crippen LogP contribution is 2.09. The molecule has 1 unspecified atom stereocenters. The lowest BCUT2D eigenvalue weighted by atomic mass is 10.1. The zero-order chi connectivity index (χ0) is 13.0. The molecule has 0 saturated carbocycles. The first kappa shape index (κ1) is 13.0. The molecule has 1 aromatic rings. The van der Waals surface area contributed by atoms with Crippen LogP contribution >= 0.6 is 0 Å². The number of carbonyl (C=O) groups excluding carboxylic acids is 1. The lowest BCUT2D eigenvalue weighted by Gasteiger charge is -2.23. The van der Waals surface area contributed by atoms with E-state index in [0.29, 0.717) is 5.56 Å². The van der Waals surface area contributed by atoms with Crippen LogP contribution in [-0.2, 0) is 11.2 Å². The molecular formula is C13H16F2N2O. The van der Waals surface area contributed by atoms with Crippen LogP contribution in [0.1, 0.15) is 18.4 Å². The van der Waals surface area contributed by atoms with Crippen LogP contribution in [-0.4, -0.2) is 25.0 Å². The van der Waals surface area contributed by atoms with Crippen molar-refractivity contribution in [1.29, 1.82) is 0 Å². The Bertz CT molecular complexity index is 431. The minimum atomic E-state index is -0.917. The van der Waals surface area contributed by atoms with Crippen molar-refractivity contribution in [3.05, 3.63) is 35.4 Å². The number of piperidine rings is 1. The normalized spacial score (nSPS) is 19.6. The van der Waals surface area contributed by atoms with Crippen molar-refractivity contribution in [3.63, 3.8) is 0 Å². The summed E-state index contributed by atoms with van der Waals surface area (Å²) in [6.45, 7) is 1.75. The predicted octanol–water partition coefficient (Wildman–Crippen LogP) is 1.38. The zero-order valence-corrected chi connectivity index (χ0v) is 10.0. The van der Waals surface area contributed by atoms with Gasteiger partial charge in [-0.25, -0.2) is 8.78 Å². The lowest BCUT2D eigenvalue weighted by Crippen LogP contribution is -2.46.